The SMILES string of the molecule is Cc1ccc([C@@H](C)NP(=O)(CO[C@H](C)Cn2cnc3c(N)ncnc32)CC(C)(C)C(=O)OC(C)C)cc1. The van der Waals surface area contributed by atoms with Gasteiger partial charge in [0.05, 0.1) is 30.5 Å². The second-order valence-electron chi connectivity index (χ2n) is 10.6. The van der Waals surface area contributed by atoms with Gasteiger partial charge in [0.1, 0.15) is 18.2 Å². The van der Waals surface area contributed by atoms with Gasteiger partial charge < -0.3 is 24.3 Å². The maximum Gasteiger partial charge on any atom is 0.312 e. The fourth-order valence-corrected chi connectivity index (χ4v) is 7.11. The molecule has 0 bridgehead atoms. The van der Waals surface area contributed by atoms with Gasteiger partial charge in [-0.2, -0.15) is 0 Å². The summed E-state index contributed by atoms with van der Waals surface area (Å²) < 4.78 is 27.7. The van der Waals surface area contributed by atoms with Gasteiger partial charge in [0.25, 0.3) is 0 Å². The second-order valence-corrected chi connectivity index (χ2v) is 13.2. The molecule has 1 unspecified atom stereocenters. The fourth-order valence-electron chi connectivity index (χ4n) is 4.10. The number of ether oxygens (including phenoxy) is 2. The summed E-state index contributed by atoms with van der Waals surface area (Å²) in [6.07, 6.45) is 2.50. The highest BCUT2D eigenvalue weighted by atomic mass is 31.2. The predicted molar refractivity (Wildman–Crippen MR) is 145 cm³/mol. The van der Waals surface area contributed by atoms with Gasteiger partial charge in [0.2, 0.25) is 0 Å². The third kappa shape index (κ3) is 7.60. The molecule has 2 heterocycles. The summed E-state index contributed by atoms with van der Waals surface area (Å²) in [4.78, 5) is 25.3. The molecule has 0 fully saturated rings. The first-order valence-electron chi connectivity index (χ1n) is 12.5. The average molecular weight is 531 g/mol. The number of rotatable bonds is 12. The van der Waals surface area contributed by atoms with Gasteiger partial charge in [-0.15, -0.1) is 0 Å². The number of imidazole rings is 1. The fraction of sp³-hybridized carbons (Fsp3) is 0.538. The van der Waals surface area contributed by atoms with Crippen molar-refractivity contribution in [3.8, 4) is 0 Å². The maximum atomic E-state index is 14.3. The molecular formula is C26H39N6O4P. The van der Waals surface area contributed by atoms with Crippen LogP contribution in [-0.4, -0.2) is 50.2 Å². The van der Waals surface area contributed by atoms with Gasteiger partial charge in [-0.3, -0.25) is 9.88 Å². The topological polar surface area (TPSA) is 134 Å². The number of esters is 1. The number of carbonyl (C=O) groups excluding carboxylic acids is 1. The molecule has 202 valence electrons. The van der Waals surface area contributed by atoms with Crippen LogP contribution in [0.5, 0.6) is 0 Å². The van der Waals surface area contributed by atoms with Crippen molar-refractivity contribution in [2.24, 2.45) is 5.41 Å². The molecule has 0 aliphatic heterocycles. The summed E-state index contributed by atoms with van der Waals surface area (Å²) in [6, 6.07) is 7.85. The van der Waals surface area contributed by atoms with Gasteiger partial charge >= 0.3 is 5.97 Å². The van der Waals surface area contributed by atoms with E-state index >= 15 is 0 Å². The lowest BCUT2D eigenvalue weighted by molar-refractivity contribution is -0.156. The molecule has 0 saturated carbocycles. The first-order chi connectivity index (χ1) is 17.3. The van der Waals surface area contributed by atoms with Crippen LogP contribution in [0.25, 0.3) is 11.2 Å². The zero-order chi connectivity index (χ0) is 27.4. The van der Waals surface area contributed by atoms with Gasteiger partial charge in [0.15, 0.2) is 18.8 Å². The average Bonchev–Trinajstić information content (AvgIpc) is 3.21. The van der Waals surface area contributed by atoms with E-state index in [1.54, 1.807) is 34.0 Å². The van der Waals surface area contributed by atoms with Crippen molar-refractivity contribution in [2.75, 3.05) is 18.2 Å². The normalized spacial score (nSPS) is 15.5. The van der Waals surface area contributed by atoms with Crippen molar-refractivity contribution in [1.82, 2.24) is 24.6 Å². The first kappa shape index (κ1) is 28.8. The summed E-state index contributed by atoms with van der Waals surface area (Å²) in [7, 11) is -3.21. The molecule has 10 nitrogen and oxygen atoms in total. The molecule has 0 saturated heterocycles. The Morgan fingerprint density at radius 1 is 1.14 bits per heavy atom. The van der Waals surface area contributed by atoms with Crippen LogP contribution in [0.15, 0.2) is 36.9 Å². The van der Waals surface area contributed by atoms with Crippen LogP contribution in [0, 0.1) is 12.3 Å². The molecule has 2 aromatic heterocycles. The predicted octanol–water partition coefficient (Wildman–Crippen LogP) is 4.69. The van der Waals surface area contributed by atoms with Crippen LogP contribution < -0.4 is 10.8 Å². The molecule has 3 rings (SSSR count). The number of aromatic nitrogens is 4. The molecule has 3 atom stereocenters. The number of anilines is 1. The molecule has 0 radical (unpaired) electrons. The van der Waals surface area contributed by atoms with Crippen LogP contribution in [-0.2, 0) is 25.4 Å². The first-order valence-corrected chi connectivity index (χ1v) is 14.5. The van der Waals surface area contributed by atoms with Crippen molar-refractivity contribution in [1.29, 1.82) is 0 Å². The Hall–Kier alpha value is -2.81. The Labute approximate surface area is 218 Å². The van der Waals surface area contributed by atoms with Gasteiger partial charge in [-0.05, 0) is 54.0 Å². The quantitative estimate of drug-likeness (QED) is 0.253. The number of carbonyl (C=O) groups is 1. The minimum Gasteiger partial charge on any atom is -0.463 e. The zero-order valence-electron chi connectivity index (χ0n) is 22.8. The van der Waals surface area contributed by atoms with E-state index in [2.05, 4.69) is 20.0 Å². The van der Waals surface area contributed by atoms with E-state index in [1.165, 1.54) is 6.33 Å². The van der Waals surface area contributed by atoms with Gasteiger partial charge in [0, 0.05) is 12.2 Å². The summed E-state index contributed by atoms with van der Waals surface area (Å²) in [5.74, 6) is -0.0747. The highest BCUT2D eigenvalue weighted by Gasteiger charge is 2.39. The minimum absolute atomic E-state index is 0.0491. The number of nitrogens with one attached hydrogen (secondary N) is 1. The van der Waals surface area contributed by atoms with E-state index < -0.39 is 12.7 Å². The molecule has 0 aliphatic rings. The Bertz CT molecular complexity index is 1260. The molecule has 3 N–H and O–H groups in total. The van der Waals surface area contributed by atoms with Gasteiger partial charge in [-0.1, -0.05) is 29.8 Å². The summed E-state index contributed by atoms with van der Waals surface area (Å²) >= 11 is 0. The lowest BCUT2D eigenvalue weighted by Crippen LogP contribution is -2.35. The Morgan fingerprint density at radius 3 is 2.46 bits per heavy atom. The molecule has 11 heteroatoms. The summed E-state index contributed by atoms with van der Waals surface area (Å²) in [5.41, 5.74) is 8.20. The Balaban J connectivity index is 1.77. The monoisotopic (exact) mass is 530 g/mol. The van der Waals surface area contributed by atoms with E-state index in [-0.39, 0.29) is 36.7 Å². The second kappa shape index (κ2) is 11.7. The molecular weight excluding hydrogens is 491 g/mol. The van der Waals surface area contributed by atoms with Crippen LogP contribution in [0.1, 0.15) is 58.7 Å². The number of hydrogen-bond donors (Lipinski definition) is 2. The van der Waals surface area contributed by atoms with Crippen LogP contribution in [0.2, 0.25) is 0 Å². The summed E-state index contributed by atoms with van der Waals surface area (Å²) in [5, 5.41) is 3.31. The molecule has 37 heavy (non-hydrogen) atoms. The summed E-state index contributed by atoms with van der Waals surface area (Å²) in [6.45, 7) is 13.4. The molecule has 3 aromatic rings. The smallest absolute Gasteiger partial charge is 0.312 e. The van der Waals surface area contributed by atoms with E-state index in [0.717, 1.165) is 11.1 Å². The standard InChI is InChI=1S/C26H39N6O4P/c1-17(2)36-25(33)26(6,7)13-37(34,31-20(5)21-10-8-18(3)9-11-21)16-35-19(4)12-32-15-30-22-23(27)28-14-29-24(22)32/h8-11,14-15,17,19-20H,12-13,16H2,1-7H3,(H,31,34)(H2,27,28,29)/t19-,20-,37?/m1/s1. The third-order valence-corrected chi connectivity index (χ3v) is 8.73. The molecule has 0 amide bonds. The maximum absolute atomic E-state index is 14.3. The highest BCUT2D eigenvalue weighted by molar-refractivity contribution is 7.61. The van der Waals surface area contributed by atoms with Crippen molar-refractivity contribution in [2.45, 2.75) is 73.3 Å². The number of nitrogens with two attached hydrogens (primary N) is 1. The van der Waals surface area contributed by atoms with Crippen LogP contribution in [0.4, 0.5) is 5.82 Å². The number of fused-ring (bicyclic) bond motifs is 1. The van der Waals surface area contributed by atoms with E-state index in [4.69, 9.17) is 15.2 Å². The van der Waals surface area contributed by atoms with Crippen molar-refractivity contribution >= 4 is 30.2 Å². The van der Waals surface area contributed by atoms with E-state index in [9.17, 15) is 9.36 Å². The van der Waals surface area contributed by atoms with Crippen LogP contribution >= 0.6 is 7.29 Å². The van der Waals surface area contributed by atoms with Crippen molar-refractivity contribution in [3.05, 3.63) is 48.0 Å². The molecule has 0 spiro atoms. The number of hydrogen-bond acceptors (Lipinski definition) is 8. The lowest BCUT2D eigenvalue weighted by Gasteiger charge is -2.32. The van der Waals surface area contributed by atoms with Crippen molar-refractivity contribution < 1.29 is 18.8 Å². The van der Waals surface area contributed by atoms with E-state index in [0.29, 0.717) is 23.5 Å². The van der Waals surface area contributed by atoms with Gasteiger partial charge in [-0.25, -0.2) is 15.0 Å². The largest absolute Gasteiger partial charge is 0.463 e. The van der Waals surface area contributed by atoms with Crippen molar-refractivity contribution in [3.63, 3.8) is 0 Å². The molecule has 1 aromatic carbocycles. The highest BCUT2D eigenvalue weighted by Crippen LogP contribution is 2.49. The number of nitrogens with zero attached hydrogens (tertiary/aromatic N) is 4. The lowest BCUT2D eigenvalue weighted by atomic mass is 9.97. The number of aryl methyl sites for hydroxylation is 1. The number of benzene rings is 1. The zero-order valence-corrected chi connectivity index (χ0v) is 23.7. The van der Waals surface area contributed by atoms with Crippen LogP contribution in [0.3, 0.4) is 0 Å². The molecule has 0 aliphatic carbocycles. The minimum atomic E-state index is -3.21. The Morgan fingerprint density at radius 2 is 1.81 bits per heavy atom. The van der Waals surface area contributed by atoms with E-state index in [1.807, 2.05) is 49.6 Å². The number of nitrogen functional groups attached to an aromatic ring is 1. The Kier molecular flexibility index (Phi) is 9.10. The third-order valence-electron chi connectivity index (χ3n) is 6.00.